The predicted molar refractivity (Wildman–Crippen MR) is 183 cm³/mol. The van der Waals surface area contributed by atoms with E-state index in [-0.39, 0.29) is 0 Å². The molecule has 0 amide bonds. The smallest absolute Gasteiger partial charge is 0.0459 e. The Morgan fingerprint density at radius 3 is 0.950 bits per heavy atom. The average molecular weight is 565 g/mol. The summed E-state index contributed by atoms with van der Waals surface area (Å²) in [7, 11) is 0. The maximum absolute atomic E-state index is 8.69. The van der Waals surface area contributed by atoms with Gasteiger partial charge in [0.15, 0.2) is 0 Å². The second kappa shape index (κ2) is 22.5. The van der Waals surface area contributed by atoms with Crippen LogP contribution in [0.25, 0.3) is 0 Å². The zero-order chi connectivity index (χ0) is 30.8. The van der Waals surface area contributed by atoms with E-state index in [4.69, 9.17) is 5.11 Å². The SMILES string of the molecule is CC(C)C(C)C.CC(C)C1CC(CO)C1.CC(C)C1CCCC1.CC(C)C1CCCCC1.CC1CC(C(C)C)C1. The van der Waals surface area contributed by atoms with Gasteiger partial charge in [-0.25, -0.2) is 0 Å². The summed E-state index contributed by atoms with van der Waals surface area (Å²) in [5, 5.41) is 8.69. The maximum atomic E-state index is 8.69. The molecule has 0 aromatic carbocycles. The van der Waals surface area contributed by atoms with E-state index < -0.39 is 0 Å². The molecule has 1 N–H and O–H groups in total. The molecule has 0 radical (unpaired) electrons. The van der Waals surface area contributed by atoms with Crippen molar-refractivity contribution in [3.05, 3.63) is 0 Å². The molecule has 1 nitrogen and oxygen atoms in total. The Morgan fingerprint density at radius 1 is 0.450 bits per heavy atom. The van der Waals surface area contributed by atoms with Crippen LogP contribution in [0.2, 0.25) is 0 Å². The summed E-state index contributed by atoms with van der Waals surface area (Å²) in [4.78, 5) is 0. The zero-order valence-electron chi connectivity index (χ0n) is 30.3. The summed E-state index contributed by atoms with van der Waals surface area (Å²) in [5.74, 6) is 11.1. The second-order valence-corrected chi connectivity index (χ2v) is 16.5. The van der Waals surface area contributed by atoms with E-state index in [1.165, 1.54) is 83.5 Å². The van der Waals surface area contributed by atoms with Crippen molar-refractivity contribution in [1.29, 1.82) is 0 Å². The van der Waals surface area contributed by atoms with E-state index in [0.29, 0.717) is 12.5 Å². The van der Waals surface area contributed by atoms with Crippen molar-refractivity contribution in [2.45, 2.75) is 173 Å². The van der Waals surface area contributed by atoms with Gasteiger partial charge in [0.25, 0.3) is 0 Å². The van der Waals surface area contributed by atoms with Gasteiger partial charge in [-0.1, -0.05) is 148 Å². The lowest BCUT2D eigenvalue weighted by Crippen LogP contribution is -2.29. The Balaban J connectivity index is 0.000000479. The van der Waals surface area contributed by atoms with Gasteiger partial charge in [0.1, 0.15) is 0 Å². The van der Waals surface area contributed by atoms with Crippen LogP contribution < -0.4 is 0 Å². The molecular formula is C39H80O. The van der Waals surface area contributed by atoms with Gasteiger partial charge in [-0.3, -0.25) is 0 Å². The molecule has 0 saturated heterocycles. The van der Waals surface area contributed by atoms with Crippen LogP contribution in [-0.2, 0) is 0 Å². The third-order valence-electron chi connectivity index (χ3n) is 11.1. The van der Waals surface area contributed by atoms with Gasteiger partial charge < -0.3 is 5.11 Å². The lowest BCUT2D eigenvalue weighted by molar-refractivity contribution is 0.0801. The van der Waals surface area contributed by atoms with Gasteiger partial charge in [0, 0.05) is 6.61 Å². The Morgan fingerprint density at radius 2 is 0.750 bits per heavy atom. The normalized spacial score (nSPS) is 26.7. The minimum absolute atomic E-state index is 0.406. The maximum Gasteiger partial charge on any atom is 0.0459 e. The molecule has 4 saturated carbocycles. The van der Waals surface area contributed by atoms with Crippen LogP contribution in [0.1, 0.15) is 173 Å². The summed E-state index contributed by atoms with van der Waals surface area (Å²) >= 11 is 0. The minimum atomic E-state index is 0.406. The lowest BCUT2D eigenvalue weighted by Gasteiger charge is -2.36. The molecule has 0 bridgehead atoms. The molecule has 1 heteroatoms. The molecule has 0 aromatic rings. The van der Waals surface area contributed by atoms with Crippen molar-refractivity contribution in [3.8, 4) is 0 Å². The molecule has 0 unspecified atom stereocenters. The van der Waals surface area contributed by atoms with E-state index in [9.17, 15) is 0 Å². The molecule has 4 fully saturated rings. The molecule has 4 rings (SSSR count). The molecule has 0 spiro atoms. The van der Waals surface area contributed by atoms with Crippen LogP contribution in [0.3, 0.4) is 0 Å². The molecule has 0 aromatic heterocycles. The predicted octanol–water partition coefficient (Wildman–Crippen LogP) is 12.7. The van der Waals surface area contributed by atoms with Crippen molar-refractivity contribution in [2.75, 3.05) is 6.61 Å². The second-order valence-electron chi connectivity index (χ2n) is 16.5. The fourth-order valence-electron chi connectivity index (χ4n) is 6.41. The summed E-state index contributed by atoms with van der Waals surface area (Å²) in [6.45, 7) is 30.3. The fourth-order valence-corrected chi connectivity index (χ4v) is 6.41. The van der Waals surface area contributed by atoms with Crippen molar-refractivity contribution >= 4 is 0 Å². The quantitative estimate of drug-likeness (QED) is 0.340. The summed E-state index contributed by atoms with van der Waals surface area (Å²) in [6.07, 6.45) is 18.9. The van der Waals surface area contributed by atoms with Crippen LogP contribution in [0.15, 0.2) is 0 Å². The van der Waals surface area contributed by atoms with Gasteiger partial charge in [-0.2, -0.15) is 0 Å². The molecule has 242 valence electrons. The first-order valence-electron chi connectivity index (χ1n) is 18.3. The van der Waals surface area contributed by atoms with E-state index in [1.807, 2.05) is 0 Å². The lowest BCUT2D eigenvalue weighted by atomic mass is 9.70. The molecule has 0 heterocycles. The molecule has 0 atom stereocenters. The van der Waals surface area contributed by atoms with Gasteiger partial charge in [0.05, 0.1) is 0 Å². The van der Waals surface area contributed by atoms with Crippen molar-refractivity contribution in [3.63, 3.8) is 0 Å². The molecule has 4 aliphatic carbocycles. The molecule has 4 aliphatic rings. The van der Waals surface area contributed by atoms with E-state index in [1.54, 1.807) is 0 Å². The highest BCUT2D eigenvalue weighted by Gasteiger charge is 2.30. The van der Waals surface area contributed by atoms with Crippen LogP contribution >= 0.6 is 0 Å². The third-order valence-corrected chi connectivity index (χ3v) is 11.1. The molecule has 40 heavy (non-hydrogen) atoms. The topological polar surface area (TPSA) is 20.2 Å². The van der Waals surface area contributed by atoms with E-state index in [2.05, 4.69) is 90.0 Å². The van der Waals surface area contributed by atoms with Crippen LogP contribution in [-0.4, -0.2) is 11.7 Å². The third kappa shape index (κ3) is 18.5. The summed E-state index contributed by atoms with van der Waals surface area (Å²) in [6, 6.07) is 0. The standard InChI is InChI=1S/C9H18.C8H16O.2C8H16.C6H14/c1-8(2)9-6-4-3-5-7-9;1-6(2)8-3-7(4-8)5-9;1-6(2)8-4-7(3)5-8;1-7(2)8-5-3-4-6-8;1-5(2)6(3)4/h8-9H,3-7H2,1-2H3;6-9H,3-5H2,1-2H3;6-8H,4-5H2,1-3H3;7-8H,3-6H2,1-2H3;5-6H,1-4H3. The number of rotatable bonds is 6. The molecular weight excluding hydrogens is 484 g/mol. The number of hydrogen-bond donors (Lipinski definition) is 1. The first kappa shape index (κ1) is 40.0. The zero-order valence-corrected chi connectivity index (χ0v) is 30.3. The van der Waals surface area contributed by atoms with Gasteiger partial charge in [0.2, 0.25) is 0 Å². The average Bonchev–Trinajstić information content (AvgIpc) is 3.39. The van der Waals surface area contributed by atoms with Gasteiger partial charge in [-0.15, -0.1) is 0 Å². The first-order valence-corrected chi connectivity index (χ1v) is 18.3. The summed E-state index contributed by atoms with van der Waals surface area (Å²) < 4.78 is 0. The fraction of sp³-hybridized carbons (Fsp3) is 1.00. The number of aliphatic hydroxyl groups excluding tert-OH is 1. The van der Waals surface area contributed by atoms with Gasteiger partial charge in [-0.05, 0) is 96.7 Å². The highest BCUT2D eigenvalue weighted by atomic mass is 16.3. The molecule has 0 aliphatic heterocycles. The van der Waals surface area contributed by atoms with Crippen LogP contribution in [0.5, 0.6) is 0 Å². The van der Waals surface area contributed by atoms with Crippen LogP contribution in [0.4, 0.5) is 0 Å². The Labute approximate surface area is 255 Å². The Hall–Kier alpha value is -0.0400. The van der Waals surface area contributed by atoms with Gasteiger partial charge >= 0.3 is 0 Å². The Bertz CT molecular complexity index is 529. The number of aliphatic hydroxyl groups is 1. The van der Waals surface area contributed by atoms with Crippen molar-refractivity contribution in [1.82, 2.24) is 0 Å². The van der Waals surface area contributed by atoms with Crippen molar-refractivity contribution in [2.24, 2.45) is 71.0 Å². The largest absolute Gasteiger partial charge is 0.396 e. The van der Waals surface area contributed by atoms with E-state index in [0.717, 1.165) is 65.1 Å². The summed E-state index contributed by atoms with van der Waals surface area (Å²) in [5.41, 5.74) is 0. The van der Waals surface area contributed by atoms with Crippen LogP contribution in [0, 0.1) is 71.0 Å². The highest BCUT2D eigenvalue weighted by molar-refractivity contribution is 4.80. The minimum Gasteiger partial charge on any atom is -0.396 e. The van der Waals surface area contributed by atoms with E-state index >= 15 is 0 Å². The highest BCUT2D eigenvalue weighted by Crippen LogP contribution is 2.38. The monoisotopic (exact) mass is 565 g/mol. The van der Waals surface area contributed by atoms with Crippen molar-refractivity contribution < 1.29 is 5.11 Å². The number of hydrogen-bond acceptors (Lipinski definition) is 1. The first-order chi connectivity index (χ1) is 18.7. The Kier molecular flexibility index (Phi) is 22.5.